The van der Waals surface area contributed by atoms with Gasteiger partial charge in [0.15, 0.2) is 0 Å². The summed E-state index contributed by atoms with van der Waals surface area (Å²) >= 11 is 0. The topological polar surface area (TPSA) is 72.0 Å². The molecule has 0 radical (unpaired) electrons. The fourth-order valence-electron chi connectivity index (χ4n) is 3.07. The third kappa shape index (κ3) is 2.57. The lowest BCUT2D eigenvalue weighted by Crippen LogP contribution is -2.43. The molecule has 120 valence electrons. The van der Waals surface area contributed by atoms with E-state index in [1.165, 1.54) is 5.69 Å². The van der Waals surface area contributed by atoms with Gasteiger partial charge in [0.1, 0.15) is 11.3 Å². The summed E-state index contributed by atoms with van der Waals surface area (Å²) in [4.78, 5) is 2.38. The Morgan fingerprint density at radius 2 is 2.04 bits per heavy atom. The average Bonchev–Trinajstić information content (AvgIpc) is 3.13. The summed E-state index contributed by atoms with van der Waals surface area (Å²) in [5.41, 5.74) is 5.15. The summed E-state index contributed by atoms with van der Waals surface area (Å²) in [6.07, 6.45) is 0. The van der Waals surface area contributed by atoms with E-state index in [-0.39, 0.29) is 0 Å². The second-order valence-corrected chi connectivity index (χ2v) is 5.96. The minimum Gasteiger partial charge on any atom is -0.369 e. The highest BCUT2D eigenvalue weighted by Crippen LogP contribution is 2.22. The highest BCUT2D eigenvalue weighted by Gasteiger charge is 2.15. The SMILES string of the molecule is Cc1noc(C)c1Cn1nnc2cc(N3CCNCC3)ccc21. The standard InChI is InChI=1S/C16H20N6O/c1-11-14(12(2)23-19-11)10-22-16-4-3-13(9-15(16)18-20-22)21-7-5-17-6-8-21/h3-4,9,17H,5-8,10H2,1-2H3. The van der Waals surface area contributed by atoms with Gasteiger partial charge in [-0.3, -0.25) is 0 Å². The van der Waals surface area contributed by atoms with Crippen LogP contribution in [0.2, 0.25) is 0 Å². The first-order chi connectivity index (χ1) is 11.2. The third-order valence-corrected chi connectivity index (χ3v) is 4.47. The van der Waals surface area contributed by atoms with E-state index in [1.54, 1.807) is 0 Å². The van der Waals surface area contributed by atoms with E-state index >= 15 is 0 Å². The van der Waals surface area contributed by atoms with Crippen molar-refractivity contribution in [3.8, 4) is 0 Å². The van der Waals surface area contributed by atoms with Crippen LogP contribution in [0.1, 0.15) is 17.0 Å². The number of nitrogens with zero attached hydrogens (tertiary/aromatic N) is 5. The Kier molecular flexibility index (Phi) is 3.49. The zero-order chi connectivity index (χ0) is 15.8. The Balaban J connectivity index is 1.65. The summed E-state index contributed by atoms with van der Waals surface area (Å²) in [5.74, 6) is 0.837. The van der Waals surface area contributed by atoms with Crippen molar-refractivity contribution in [2.45, 2.75) is 20.4 Å². The lowest BCUT2D eigenvalue weighted by molar-refractivity contribution is 0.391. The molecule has 0 aliphatic carbocycles. The molecule has 3 heterocycles. The van der Waals surface area contributed by atoms with Crippen molar-refractivity contribution in [1.29, 1.82) is 0 Å². The maximum atomic E-state index is 5.23. The van der Waals surface area contributed by atoms with Crippen molar-refractivity contribution in [3.05, 3.63) is 35.2 Å². The van der Waals surface area contributed by atoms with Gasteiger partial charge in [-0.15, -0.1) is 5.10 Å². The van der Waals surface area contributed by atoms with Gasteiger partial charge < -0.3 is 14.7 Å². The first-order valence-corrected chi connectivity index (χ1v) is 7.93. The molecule has 1 aromatic carbocycles. The van der Waals surface area contributed by atoms with Crippen LogP contribution in [-0.2, 0) is 6.54 Å². The molecule has 0 unspecified atom stereocenters. The van der Waals surface area contributed by atoms with Crippen molar-refractivity contribution in [2.24, 2.45) is 0 Å². The molecule has 4 rings (SSSR count). The smallest absolute Gasteiger partial charge is 0.138 e. The quantitative estimate of drug-likeness (QED) is 0.790. The number of aromatic nitrogens is 4. The Bertz CT molecular complexity index is 811. The molecule has 1 aliphatic rings. The van der Waals surface area contributed by atoms with Crippen LogP contribution in [0.5, 0.6) is 0 Å². The van der Waals surface area contributed by atoms with Crippen molar-refractivity contribution in [3.63, 3.8) is 0 Å². The second-order valence-electron chi connectivity index (χ2n) is 5.96. The number of nitrogens with one attached hydrogen (secondary N) is 1. The number of piperazine rings is 1. The van der Waals surface area contributed by atoms with Gasteiger partial charge in [-0.25, -0.2) is 4.68 Å². The lowest BCUT2D eigenvalue weighted by Gasteiger charge is -2.29. The largest absolute Gasteiger partial charge is 0.369 e. The van der Waals surface area contributed by atoms with Crippen molar-refractivity contribution >= 4 is 16.7 Å². The third-order valence-electron chi connectivity index (χ3n) is 4.47. The number of benzene rings is 1. The molecule has 3 aromatic rings. The van der Waals surface area contributed by atoms with E-state index < -0.39 is 0 Å². The molecule has 1 N–H and O–H groups in total. The molecule has 23 heavy (non-hydrogen) atoms. The molecule has 0 amide bonds. The zero-order valence-electron chi connectivity index (χ0n) is 13.4. The Morgan fingerprint density at radius 3 is 2.78 bits per heavy atom. The summed E-state index contributed by atoms with van der Waals surface area (Å²) < 4.78 is 7.14. The van der Waals surface area contributed by atoms with Crippen LogP contribution in [0.25, 0.3) is 11.0 Å². The zero-order valence-corrected chi connectivity index (χ0v) is 13.4. The molecular formula is C16H20N6O. The van der Waals surface area contributed by atoms with Gasteiger partial charge in [0.05, 0.1) is 17.8 Å². The second kappa shape index (κ2) is 5.66. The molecule has 0 spiro atoms. The molecule has 1 aliphatic heterocycles. The van der Waals surface area contributed by atoms with Crippen LogP contribution in [0.3, 0.4) is 0 Å². The number of rotatable bonds is 3. The fourth-order valence-corrected chi connectivity index (χ4v) is 3.07. The predicted octanol–water partition coefficient (Wildman–Crippen LogP) is 1.49. The Morgan fingerprint density at radius 1 is 1.22 bits per heavy atom. The Hall–Kier alpha value is -2.41. The first-order valence-electron chi connectivity index (χ1n) is 7.93. The van der Waals surface area contributed by atoms with Gasteiger partial charge in [-0.05, 0) is 32.0 Å². The van der Waals surface area contributed by atoms with Crippen LogP contribution in [0, 0.1) is 13.8 Å². The van der Waals surface area contributed by atoms with Crippen molar-refractivity contribution < 1.29 is 4.52 Å². The molecule has 1 fully saturated rings. The maximum absolute atomic E-state index is 5.23. The Labute approximate surface area is 134 Å². The number of hydrogen-bond acceptors (Lipinski definition) is 6. The highest BCUT2D eigenvalue weighted by molar-refractivity contribution is 5.79. The molecule has 7 heteroatoms. The van der Waals surface area contributed by atoms with E-state index in [0.29, 0.717) is 6.54 Å². The number of hydrogen-bond donors (Lipinski definition) is 1. The van der Waals surface area contributed by atoms with Crippen molar-refractivity contribution in [1.82, 2.24) is 25.5 Å². The molecule has 2 aromatic heterocycles. The van der Waals surface area contributed by atoms with Crippen LogP contribution >= 0.6 is 0 Å². The molecular weight excluding hydrogens is 292 g/mol. The van der Waals surface area contributed by atoms with E-state index in [4.69, 9.17) is 4.52 Å². The van der Waals surface area contributed by atoms with Crippen molar-refractivity contribution in [2.75, 3.05) is 31.1 Å². The van der Waals surface area contributed by atoms with Gasteiger partial charge in [0, 0.05) is 37.4 Å². The number of anilines is 1. The van der Waals surface area contributed by atoms with Gasteiger partial charge in [-0.1, -0.05) is 10.4 Å². The van der Waals surface area contributed by atoms with E-state index in [1.807, 2.05) is 18.5 Å². The highest BCUT2D eigenvalue weighted by atomic mass is 16.5. The average molecular weight is 312 g/mol. The van der Waals surface area contributed by atoms with Gasteiger partial charge in [0.2, 0.25) is 0 Å². The number of aryl methyl sites for hydroxylation is 2. The molecule has 1 saturated heterocycles. The fraction of sp³-hybridized carbons (Fsp3) is 0.438. The normalized spacial score (nSPS) is 15.5. The maximum Gasteiger partial charge on any atom is 0.138 e. The van der Waals surface area contributed by atoms with Gasteiger partial charge in [-0.2, -0.15) is 0 Å². The van der Waals surface area contributed by atoms with Crippen LogP contribution in [0.15, 0.2) is 22.7 Å². The molecule has 0 saturated carbocycles. The lowest BCUT2D eigenvalue weighted by atomic mass is 10.2. The van der Waals surface area contributed by atoms with E-state index in [9.17, 15) is 0 Å². The minimum atomic E-state index is 0.630. The van der Waals surface area contributed by atoms with Crippen LogP contribution < -0.4 is 10.2 Å². The van der Waals surface area contributed by atoms with E-state index in [2.05, 4.69) is 43.9 Å². The van der Waals surface area contributed by atoms with Crippen LogP contribution in [0.4, 0.5) is 5.69 Å². The molecule has 0 atom stereocenters. The van der Waals surface area contributed by atoms with Gasteiger partial charge in [0.25, 0.3) is 0 Å². The minimum absolute atomic E-state index is 0.630. The van der Waals surface area contributed by atoms with Crippen LogP contribution in [-0.4, -0.2) is 46.3 Å². The summed E-state index contributed by atoms with van der Waals surface area (Å²) in [5, 5.41) is 16.0. The molecule has 7 nitrogen and oxygen atoms in total. The van der Waals surface area contributed by atoms with E-state index in [0.717, 1.165) is 54.2 Å². The monoisotopic (exact) mass is 312 g/mol. The first kappa shape index (κ1) is 14.2. The summed E-state index contributed by atoms with van der Waals surface area (Å²) in [6, 6.07) is 6.38. The number of fused-ring (bicyclic) bond motifs is 1. The summed E-state index contributed by atoms with van der Waals surface area (Å²) in [6.45, 7) is 8.61. The van der Waals surface area contributed by atoms with Gasteiger partial charge >= 0.3 is 0 Å². The summed E-state index contributed by atoms with van der Waals surface area (Å²) in [7, 11) is 0. The predicted molar refractivity (Wildman–Crippen MR) is 87.7 cm³/mol. The molecule has 0 bridgehead atoms.